The molecule has 0 amide bonds. The van der Waals surface area contributed by atoms with Crippen LogP contribution in [0.2, 0.25) is 0 Å². The van der Waals surface area contributed by atoms with Crippen LogP contribution in [-0.4, -0.2) is 45.6 Å². The Bertz CT molecular complexity index is 149. The molecular formula is C5H12AlNO4. The van der Waals surface area contributed by atoms with Crippen LogP contribution in [0.25, 0.3) is 0 Å². The van der Waals surface area contributed by atoms with Crippen LogP contribution >= 0.6 is 0 Å². The molecule has 5 nitrogen and oxygen atoms in total. The second-order valence-corrected chi connectivity index (χ2v) is 1.88. The molecule has 0 aromatic rings. The first kappa shape index (κ1) is 13.1. The van der Waals surface area contributed by atoms with Crippen molar-refractivity contribution in [2.45, 2.75) is 18.9 Å². The monoisotopic (exact) mass is 177 g/mol. The lowest BCUT2D eigenvalue weighted by Crippen LogP contribution is -2.30. The van der Waals surface area contributed by atoms with Gasteiger partial charge in [-0.2, -0.15) is 0 Å². The van der Waals surface area contributed by atoms with E-state index in [1.165, 1.54) is 0 Å². The summed E-state index contributed by atoms with van der Waals surface area (Å²) >= 11 is 0. The molecule has 0 aromatic carbocycles. The zero-order chi connectivity index (χ0) is 8.15. The third-order valence-electron chi connectivity index (χ3n) is 0.986. The van der Waals surface area contributed by atoms with E-state index >= 15 is 0 Å². The number of hydrogen-bond acceptors (Lipinski definition) is 3. The van der Waals surface area contributed by atoms with Gasteiger partial charge in [-0.1, -0.05) is 0 Å². The van der Waals surface area contributed by atoms with Crippen LogP contribution in [0.3, 0.4) is 0 Å². The lowest BCUT2D eigenvalue weighted by molar-refractivity contribution is -0.139. The molecule has 0 saturated carbocycles. The highest BCUT2D eigenvalue weighted by atomic mass is 27.0. The Morgan fingerprint density at radius 2 is 1.82 bits per heavy atom. The molecule has 0 spiro atoms. The average Bonchev–Trinajstić information content (AvgIpc) is 1.82. The summed E-state index contributed by atoms with van der Waals surface area (Å²) in [5.74, 6) is -2.20. The lowest BCUT2D eigenvalue weighted by Gasteiger charge is -2.01. The molecule has 1 atom stereocenters. The summed E-state index contributed by atoms with van der Waals surface area (Å²) in [7, 11) is 0. The van der Waals surface area contributed by atoms with Crippen molar-refractivity contribution >= 4 is 29.3 Å². The van der Waals surface area contributed by atoms with Crippen molar-refractivity contribution in [2.24, 2.45) is 5.73 Å². The van der Waals surface area contributed by atoms with Crippen molar-refractivity contribution in [3.05, 3.63) is 0 Å². The number of carbonyl (C=O) groups is 2. The zero-order valence-electron chi connectivity index (χ0n) is 5.28. The van der Waals surface area contributed by atoms with Gasteiger partial charge in [-0.15, -0.1) is 0 Å². The standard InChI is InChI=1S/C5H9NO4.Al.3H/c6-3(5(9)10)1-2-4(7)8;;;;/h3H,1-2,6H2,(H,7,8)(H,9,10);;;;/t3-;;;;/m0..../s1. The molecular weight excluding hydrogens is 165 g/mol. The second kappa shape index (κ2) is 6.16. The van der Waals surface area contributed by atoms with E-state index in [0.717, 1.165) is 0 Å². The van der Waals surface area contributed by atoms with E-state index in [2.05, 4.69) is 0 Å². The number of aliphatic carboxylic acids is 2. The number of carboxylic acid groups (broad SMARTS) is 2. The molecule has 0 fully saturated rings. The van der Waals surface area contributed by atoms with Crippen LogP contribution in [0.5, 0.6) is 0 Å². The van der Waals surface area contributed by atoms with Crippen molar-refractivity contribution < 1.29 is 19.8 Å². The van der Waals surface area contributed by atoms with E-state index < -0.39 is 18.0 Å². The minimum atomic E-state index is -1.17. The minimum absolute atomic E-state index is 0. The summed E-state index contributed by atoms with van der Waals surface area (Å²) in [5.41, 5.74) is 5.00. The van der Waals surface area contributed by atoms with Crippen molar-refractivity contribution in [3.63, 3.8) is 0 Å². The van der Waals surface area contributed by atoms with Crippen LogP contribution in [0.1, 0.15) is 12.8 Å². The smallest absolute Gasteiger partial charge is 0.320 e. The molecule has 0 saturated heterocycles. The topological polar surface area (TPSA) is 101 Å². The lowest BCUT2D eigenvalue weighted by atomic mass is 10.2. The van der Waals surface area contributed by atoms with E-state index in [1.807, 2.05) is 0 Å². The van der Waals surface area contributed by atoms with Crippen LogP contribution in [0, 0.1) is 0 Å². The van der Waals surface area contributed by atoms with Crippen LogP contribution < -0.4 is 5.73 Å². The number of nitrogens with two attached hydrogens (primary N) is 1. The third-order valence-corrected chi connectivity index (χ3v) is 0.986. The number of rotatable bonds is 4. The zero-order valence-corrected chi connectivity index (χ0v) is 5.28. The highest BCUT2D eigenvalue weighted by molar-refractivity contribution is 5.75. The molecule has 0 aromatic heterocycles. The van der Waals surface area contributed by atoms with Gasteiger partial charge >= 0.3 is 11.9 Å². The summed E-state index contributed by atoms with van der Waals surface area (Å²) in [4.78, 5) is 19.9. The van der Waals surface area contributed by atoms with E-state index in [9.17, 15) is 9.59 Å². The Balaban J connectivity index is 0. The summed E-state index contributed by atoms with van der Waals surface area (Å²) in [6.07, 6.45) is -0.224. The van der Waals surface area contributed by atoms with E-state index in [-0.39, 0.29) is 30.2 Å². The van der Waals surface area contributed by atoms with Crippen molar-refractivity contribution in [2.75, 3.05) is 0 Å². The normalized spacial score (nSPS) is 11.4. The van der Waals surface area contributed by atoms with Gasteiger partial charge in [0.05, 0.1) is 0 Å². The van der Waals surface area contributed by atoms with Gasteiger partial charge in [0.2, 0.25) is 0 Å². The van der Waals surface area contributed by atoms with Gasteiger partial charge in [0.25, 0.3) is 0 Å². The molecule has 6 heteroatoms. The number of hydrogen-bond donors (Lipinski definition) is 3. The molecule has 0 rings (SSSR count). The Morgan fingerprint density at radius 3 is 2.09 bits per heavy atom. The first-order chi connectivity index (χ1) is 4.54. The van der Waals surface area contributed by atoms with Gasteiger partial charge in [-0.05, 0) is 6.42 Å². The van der Waals surface area contributed by atoms with Gasteiger partial charge < -0.3 is 15.9 Å². The predicted molar refractivity (Wildman–Crippen MR) is 42.4 cm³/mol. The van der Waals surface area contributed by atoms with Gasteiger partial charge in [0.1, 0.15) is 6.04 Å². The number of carboxylic acids is 2. The van der Waals surface area contributed by atoms with Gasteiger partial charge in [-0.3, -0.25) is 9.59 Å². The molecule has 11 heavy (non-hydrogen) atoms. The Hall–Kier alpha value is -0.568. The molecule has 0 radical (unpaired) electrons. The fourth-order valence-electron chi connectivity index (χ4n) is 0.402. The molecule has 0 aliphatic heterocycles. The summed E-state index contributed by atoms with van der Waals surface area (Å²) in [5, 5.41) is 16.3. The largest absolute Gasteiger partial charge is 0.481 e. The van der Waals surface area contributed by atoms with Gasteiger partial charge in [0, 0.05) is 6.42 Å². The maximum atomic E-state index is 9.99. The van der Waals surface area contributed by atoms with Crippen molar-refractivity contribution in [1.82, 2.24) is 0 Å². The van der Waals surface area contributed by atoms with Crippen molar-refractivity contribution in [3.8, 4) is 0 Å². The highest BCUT2D eigenvalue weighted by Gasteiger charge is 2.12. The molecule has 0 aliphatic carbocycles. The molecule has 0 bridgehead atoms. The maximum absolute atomic E-state index is 9.99. The highest BCUT2D eigenvalue weighted by Crippen LogP contribution is 1.93. The summed E-state index contributed by atoms with van der Waals surface area (Å²) in [6.45, 7) is 0. The SMILES string of the molecule is N[C@@H](CCC(=O)O)C(=O)O.[AlH3]. The van der Waals surface area contributed by atoms with Crippen LogP contribution in [-0.2, 0) is 9.59 Å². The molecule has 0 heterocycles. The summed E-state index contributed by atoms with van der Waals surface area (Å²) in [6, 6.07) is -1.06. The molecule has 0 unspecified atom stereocenters. The van der Waals surface area contributed by atoms with E-state index in [0.29, 0.717) is 0 Å². The quantitative estimate of drug-likeness (QED) is 0.434. The predicted octanol–water partition coefficient (Wildman–Crippen LogP) is -1.92. The second-order valence-electron chi connectivity index (χ2n) is 1.88. The fraction of sp³-hybridized carbons (Fsp3) is 0.600. The van der Waals surface area contributed by atoms with E-state index in [4.69, 9.17) is 15.9 Å². The first-order valence-electron chi connectivity index (χ1n) is 2.74. The first-order valence-corrected chi connectivity index (χ1v) is 2.74. The summed E-state index contributed by atoms with van der Waals surface area (Å²) < 4.78 is 0. The van der Waals surface area contributed by atoms with Crippen molar-refractivity contribution in [1.29, 1.82) is 0 Å². The Kier molecular flexibility index (Phi) is 7.31. The fourth-order valence-corrected chi connectivity index (χ4v) is 0.402. The average molecular weight is 177 g/mol. The molecule has 64 valence electrons. The maximum Gasteiger partial charge on any atom is 0.320 e. The third kappa shape index (κ3) is 7.33. The Labute approximate surface area is 74.3 Å². The van der Waals surface area contributed by atoms with Gasteiger partial charge in [0.15, 0.2) is 17.4 Å². The molecule has 4 N–H and O–H groups in total. The van der Waals surface area contributed by atoms with Crippen LogP contribution in [0.4, 0.5) is 0 Å². The minimum Gasteiger partial charge on any atom is -0.481 e. The van der Waals surface area contributed by atoms with Crippen LogP contribution in [0.15, 0.2) is 0 Å². The molecule has 0 aliphatic rings. The van der Waals surface area contributed by atoms with Gasteiger partial charge in [-0.25, -0.2) is 0 Å². The van der Waals surface area contributed by atoms with E-state index in [1.54, 1.807) is 0 Å². The Morgan fingerprint density at radius 1 is 1.36 bits per heavy atom.